The van der Waals surface area contributed by atoms with Gasteiger partial charge in [0.2, 0.25) is 0 Å². The van der Waals surface area contributed by atoms with Crippen molar-refractivity contribution in [2.45, 2.75) is 37.9 Å². The smallest absolute Gasteiger partial charge is 0.345 e. The molecule has 4 rings (SSSR count). The van der Waals surface area contributed by atoms with Gasteiger partial charge in [-0.15, -0.1) is 0 Å². The first-order chi connectivity index (χ1) is 14.6. The zero-order valence-electron chi connectivity index (χ0n) is 16.2. The van der Waals surface area contributed by atoms with Gasteiger partial charge in [-0.25, -0.2) is 4.39 Å². The van der Waals surface area contributed by atoms with Gasteiger partial charge < -0.3 is 10.6 Å². The first-order valence-electron chi connectivity index (χ1n) is 9.78. The summed E-state index contributed by atoms with van der Waals surface area (Å²) in [6.07, 6.45) is -2.60. The lowest BCUT2D eigenvalue weighted by Crippen LogP contribution is -2.30. The maximum Gasteiger partial charge on any atom is 0.416 e. The van der Waals surface area contributed by atoms with Gasteiger partial charge in [0.1, 0.15) is 11.6 Å². The first kappa shape index (κ1) is 21.0. The molecule has 0 aromatic heterocycles. The lowest BCUT2D eigenvalue weighted by molar-refractivity contribution is -0.137. The molecule has 1 fully saturated rings. The fraction of sp³-hybridized carbons (Fsp3) is 0.318. The Morgan fingerprint density at radius 1 is 1.13 bits per heavy atom. The molecule has 2 aliphatic rings. The van der Waals surface area contributed by atoms with E-state index in [0.717, 1.165) is 6.42 Å². The Bertz CT molecular complexity index is 1080. The summed E-state index contributed by atoms with van der Waals surface area (Å²) in [4.78, 5) is 37.0. The summed E-state index contributed by atoms with van der Waals surface area (Å²) in [5.41, 5.74) is -0.705. The average Bonchev–Trinajstić information content (AvgIpc) is 3.05. The Balaban J connectivity index is 1.67. The molecule has 0 radical (unpaired) electrons. The van der Waals surface area contributed by atoms with Crippen LogP contribution in [0, 0.1) is 11.7 Å². The van der Waals surface area contributed by atoms with E-state index in [4.69, 9.17) is 0 Å². The SMILES string of the molecule is O=C1CCC[C@@H]([C@H]2NC(=O)c3cccc(NC(=O)c4cc(F)cc(C(F)(F)F)c4)c32)C1. The average molecular weight is 434 g/mol. The van der Waals surface area contributed by atoms with Gasteiger partial charge in [0, 0.05) is 35.2 Å². The first-order valence-corrected chi connectivity index (χ1v) is 9.78. The van der Waals surface area contributed by atoms with E-state index in [-0.39, 0.29) is 23.3 Å². The number of benzene rings is 2. The highest BCUT2D eigenvalue weighted by atomic mass is 19.4. The number of anilines is 1. The molecule has 0 unspecified atom stereocenters. The molecule has 0 spiro atoms. The van der Waals surface area contributed by atoms with Crippen LogP contribution in [0.15, 0.2) is 36.4 Å². The van der Waals surface area contributed by atoms with E-state index in [9.17, 15) is 31.9 Å². The molecule has 2 aromatic rings. The Labute approximate surface area is 174 Å². The fourth-order valence-electron chi connectivity index (χ4n) is 4.27. The van der Waals surface area contributed by atoms with Crippen molar-refractivity contribution in [1.29, 1.82) is 0 Å². The van der Waals surface area contributed by atoms with Crippen molar-refractivity contribution in [2.24, 2.45) is 5.92 Å². The molecule has 1 saturated carbocycles. The van der Waals surface area contributed by atoms with Crippen LogP contribution in [0.5, 0.6) is 0 Å². The molecular formula is C22H18F4N2O3. The van der Waals surface area contributed by atoms with Crippen molar-refractivity contribution in [3.63, 3.8) is 0 Å². The normalized spacial score (nSPS) is 20.9. The predicted octanol–water partition coefficient (Wildman–Crippen LogP) is 4.64. The van der Waals surface area contributed by atoms with Crippen molar-refractivity contribution >= 4 is 23.3 Å². The Kier molecular flexibility index (Phi) is 5.28. The molecule has 2 atom stereocenters. The minimum Gasteiger partial charge on any atom is -0.345 e. The van der Waals surface area contributed by atoms with Gasteiger partial charge in [0.25, 0.3) is 11.8 Å². The number of carbonyl (C=O) groups is 3. The summed E-state index contributed by atoms with van der Waals surface area (Å²) in [7, 11) is 0. The number of fused-ring (bicyclic) bond motifs is 1. The minimum absolute atomic E-state index is 0.0971. The highest BCUT2D eigenvalue weighted by Crippen LogP contribution is 2.41. The number of hydrogen-bond donors (Lipinski definition) is 2. The number of alkyl halides is 3. The molecule has 2 amide bonds. The molecule has 1 heterocycles. The van der Waals surface area contributed by atoms with Crippen molar-refractivity contribution in [2.75, 3.05) is 5.32 Å². The van der Waals surface area contributed by atoms with E-state index in [1.54, 1.807) is 6.07 Å². The zero-order chi connectivity index (χ0) is 22.3. The third-order valence-electron chi connectivity index (χ3n) is 5.68. The van der Waals surface area contributed by atoms with Crippen molar-refractivity contribution in [3.05, 3.63) is 64.5 Å². The number of halogens is 4. The van der Waals surface area contributed by atoms with Crippen LogP contribution in [-0.2, 0) is 11.0 Å². The number of rotatable bonds is 3. The van der Waals surface area contributed by atoms with Gasteiger partial charge in [-0.1, -0.05) is 6.07 Å². The summed E-state index contributed by atoms with van der Waals surface area (Å²) in [5.74, 6) is -2.51. The van der Waals surface area contributed by atoms with Gasteiger partial charge >= 0.3 is 6.18 Å². The van der Waals surface area contributed by atoms with Crippen molar-refractivity contribution in [3.8, 4) is 0 Å². The van der Waals surface area contributed by atoms with Crippen LogP contribution < -0.4 is 10.6 Å². The molecule has 2 aromatic carbocycles. The van der Waals surface area contributed by atoms with Gasteiger partial charge in [0.15, 0.2) is 0 Å². The highest BCUT2D eigenvalue weighted by Gasteiger charge is 2.38. The summed E-state index contributed by atoms with van der Waals surface area (Å²) in [5, 5.41) is 5.37. The zero-order valence-corrected chi connectivity index (χ0v) is 16.2. The van der Waals surface area contributed by atoms with Gasteiger partial charge in [-0.2, -0.15) is 13.2 Å². The van der Waals surface area contributed by atoms with Crippen LogP contribution in [0.25, 0.3) is 0 Å². The third kappa shape index (κ3) is 4.17. The minimum atomic E-state index is -4.81. The second kappa shape index (κ2) is 7.79. The summed E-state index contributed by atoms with van der Waals surface area (Å²) >= 11 is 0. The van der Waals surface area contributed by atoms with Crippen LogP contribution in [0.1, 0.15) is 63.6 Å². The lowest BCUT2D eigenvalue weighted by atomic mass is 9.80. The van der Waals surface area contributed by atoms with Crippen LogP contribution in [0.2, 0.25) is 0 Å². The monoisotopic (exact) mass is 434 g/mol. The standard InChI is InChI=1S/C22H18F4N2O3/c23-14-8-12(7-13(10-14)22(24,25)26)20(30)27-17-6-2-5-16-18(17)19(28-21(16)31)11-3-1-4-15(29)9-11/h2,5-8,10-11,19H,1,3-4,9H2,(H,27,30)(H,28,31)/t11-,19-/m1/s1. The quantitative estimate of drug-likeness (QED) is 0.691. The Morgan fingerprint density at radius 3 is 2.61 bits per heavy atom. The summed E-state index contributed by atoms with van der Waals surface area (Å²) in [6.45, 7) is 0. The third-order valence-corrected chi connectivity index (χ3v) is 5.68. The molecule has 0 saturated heterocycles. The lowest BCUT2D eigenvalue weighted by Gasteiger charge is -2.28. The second-order valence-corrected chi connectivity index (χ2v) is 7.79. The maximum atomic E-state index is 13.7. The van der Waals surface area contributed by atoms with Crippen molar-refractivity contribution in [1.82, 2.24) is 5.32 Å². The fourth-order valence-corrected chi connectivity index (χ4v) is 4.27. The van der Waals surface area contributed by atoms with E-state index in [1.165, 1.54) is 12.1 Å². The van der Waals surface area contributed by atoms with E-state index >= 15 is 0 Å². The van der Waals surface area contributed by atoms with Gasteiger partial charge in [-0.3, -0.25) is 14.4 Å². The molecule has 0 bridgehead atoms. The second-order valence-electron chi connectivity index (χ2n) is 7.79. The van der Waals surface area contributed by atoms with Gasteiger partial charge in [-0.05, 0) is 49.1 Å². The number of amides is 2. The maximum absolute atomic E-state index is 13.7. The van der Waals surface area contributed by atoms with E-state index in [0.29, 0.717) is 48.6 Å². The molecule has 1 aliphatic carbocycles. The molecule has 5 nitrogen and oxygen atoms in total. The highest BCUT2D eigenvalue weighted by molar-refractivity contribution is 6.07. The number of nitrogens with one attached hydrogen (secondary N) is 2. The van der Waals surface area contributed by atoms with Crippen LogP contribution in [0.4, 0.5) is 23.2 Å². The molecule has 1 aliphatic heterocycles. The van der Waals surface area contributed by atoms with Crippen molar-refractivity contribution < 1.29 is 31.9 Å². The summed E-state index contributed by atoms with van der Waals surface area (Å²) in [6, 6.07) is 5.75. The van der Waals surface area contributed by atoms with Crippen LogP contribution in [0.3, 0.4) is 0 Å². The number of ketones is 1. The van der Waals surface area contributed by atoms with E-state index < -0.39 is 35.1 Å². The number of carbonyl (C=O) groups excluding carboxylic acids is 3. The molecular weight excluding hydrogens is 416 g/mol. The number of hydrogen-bond acceptors (Lipinski definition) is 3. The predicted molar refractivity (Wildman–Crippen MR) is 103 cm³/mol. The largest absolute Gasteiger partial charge is 0.416 e. The molecule has 9 heteroatoms. The van der Waals surface area contributed by atoms with E-state index in [1.807, 2.05) is 0 Å². The topological polar surface area (TPSA) is 75.3 Å². The Hall–Kier alpha value is -3.23. The van der Waals surface area contributed by atoms with Crippen LogP contribution in [-0.4, -0.2) is 17.6 Å². The number of Topliss-reactive ketones (excluding diaryl/α,β-unsaturated/α-hetero) is 1. The molecule has 162 valence electrons. The van der Waals surface area contributed by atoms with E-state index in [2.05, 4.69) is 10.6 Å². The van der Waals surface area contributed by atoms with Gasteiger partial charge in [0.05, 0.1) is 11.6 Å². The Morgan fingerprint density at radius 2 is 1.90 bits per heavy atom. The molecule has 31 heavy (non-hydrogen) atoms. The molecule has 2 N–H and O–H groups in total. The summed E-state index contributed by atoms with van der Waals surface area (Å²) < 4.78 is 52.6. The van der Waals surface area contributed by atoms with Crippen LogP contribution >= 0.6 is 0 Å².